The number of nitrogens with zero attached hydrogens (tertiary/aromatic N) is 1. The topological polar surface area (TPSA) is 69.6 Å². The number of piperidine rings is 1. The summed E-state index contributed by atoms with van der Waals surface area (Å²) < 4.78 is 0. The molecular weight excluding hydrogens is 244 g/mol. The number of amides is 1. The maximum Gasteiger partial charge on any atom is 0.308 e. The highest BCUT2D eigenvalue weighted by Gasteiger charge is 2.20. The lowest BCUT2D eigenvalue weighted by Crippen LogP contribution is -2.37. The number of nitrogens with one attached hydrogen (secondary N) is 1. The Bertz CT molecular complexity index is 301. The normalized spacial score (nSPS) is 18.0. The number of aliphatic carboxylic acids is 1. The molecule has 1 unspecified atom stereocenters. The largest absolute Gasteiger partial charge is 0.481 e. The number of hydrogen-bond donors (Lipinski definition) is 2. The van der Waals surface area contributed by atoms with Gasteiger partial charge in [0, 0.05) is 19.5 Å². The molecule has 0 aliphatic carbocycles. The van der Waals surface area contributed by atoms with Crippen LogP contribution in [-0.4, -0.2) is 48.1 Å². The number of carboxylic acids is 1. The molecule has 0 aromatic heterocycles. The molecule has 1 fully saturated rings. The molecule has 1 aliphatic heterocycles. The third kappa shape index (κ3) is 5.59. The van der Waals surface area contributed by atoms with E-state index in [2.05, 4.69) is 5.32 Å². The molecule has 19 heavy (non-hydrogen) atoms. The summed E-state index contributed by atoms with van der Waals surface area (Å²) in [5.41, 5.74) is 0. The maximum absolute atomic E-state index is 12.1. The molecule has 2 N–H and O–H groups in total. The van der Waals surface area contributed by atoms with Gasteiger partial charge in [-0.1, -0.05) is 6.92 Å². The van der Waals surface area contributed by atoms with Gasteiger partial charge in [-0.05, 0) is 45.2 Å². The van der Waals surface area contributed by atoms with Gasteiger partial charge in [0.05, 0.1) is 5.92 Å². The first-order chi connectivity index (χ1) is 9.04. The molecule has 0 bridgehead atoms. The van der Waals surface area contributed by atoms with Gasteiger partial charge >= 0.3 is 5.97 Å². The Morgan fingerprint density at radius 1 is 1.37 bits per heavy atom. The average Bonchev–Trinajstić information content (AvgIpc) is 2.42. The summed E-state index contributed by atoms with van der Waals surface area (Å²) in [6.07, 6.45) is 3.76. The summed E-state index contributed by atoms with van der Waals surface area (Å²) in [5, 5.41) is 12.2. The van der Waals surface area contributed by atoms with Crippen LogP contribution in [0.3, 0.4) is 0 Å². The van der Waals surface area contributed by atoms with Crippen LogP contribution in [0, 0.1) is 11.8 Å². The highest BCUT2D eigenvalue weighted by Crippen LogP contribution is 2.18. The van der Waals surface area contributed by atoms with E-state index in [0.29, 0.717) is 25.4 Å². The van der Waals surface area contributed by atoms with E-state index in [1.807, 2.05) is 6.92 Å². The molecule has 5 heteroatoms. The van der Waals surface area contributed by atoms with Crippen molar-refractivity contribution in [1.82, 2.24) is 10.2 Å². The Labute approximate surface area is 115 Å². The molecule has 110 valence electrons. The molecule has 1 aliphatic rings. The Hall–Kier alpha value is -1.10. The van der Waals surface area contributed by atoms with E-state index in [0.717, 1.165) is 32.4 Å². The molecule has 1 rings (SSSR count). The van der Waals surface area contributed by atoms with Crippen LogP contribution in [0.4, 0.5) is 0 Å². The van der Waals surface area contributed by atoms with Crippen LogP contribution in [-0.2, 0) is 9.59 Å². The number of hydrogen-bond acceptors (Lipinski definition) is 3. The van der Waals surface area contributed by atoms with Crippen molar-refractivity contribution in [3.8, 4) is 0 Å². The predicted octanol–water partition coefficient (Wildman–Crippen LogP) is 1.34. The average molecular weight is 270 g/mol. The lowest BCUT2D eigenvalue weighted by atomic mass is 9.93. The van der Waals surface area contributed by atoms with Crippen molar-refractivity contribution in [3.05, 3.63) is 0 Å². The maximum atomic E-state index is 12.1. The van der Waals surface area contributed by atoms with E-state index in [4.69, 9.17) is 5.11 Å². The van der Waals surface area contributed by atoms with Gasteiger partial charge in [-0.3, -0.25) is 9.59 Å². The van der Waals surface area contributed by atoms with Gasteiger partial charge in [-0.2, -0.15) is 0 Å². The van der Waals surface area contributed by atoms with E-state index < -0.39 is 11.9 Å². The van der Waals surface area contributed by atoms with Gasteiger partial charge < -0.3 is 15.3 Å². The lowest BCUT2D eigenvalue weighted by molar-refractivity contribution is -0.143. The van der Waals surface area contributed by atoms with Crippen LogP contribution in [0.1, 0.15) is 39.5 Å². The quantitative estimate of drug-likeness (QED) is 0.732. The molecule has 1 saturated heterocycles. The zero-order valence-electron chi connectivity index (χ0n) is 12.0. The number of rotatable bonds is 7. The van der Waals surface area contributed by atoms with Gasteiger partial charge in [0.15, 0.2) is 0 Å². The zero-order valence-corrected chi connectivity index (χ0v) is 12.0. The Morgan fingerprint density at radius 2 is 2.00 bits per heavy atom. The summed E-state index contributed by atoms with van der Waals surface area (Å²) >= 11 is 0. The van der Waals surface area contributed by atoms with Gasteiger partial charge in [0.1, 0.15) is 0 Å². The first kappa shape index (κ1) is 16.0. The molecule has 0 saturated carbocycles. The van der Waals surface area contributed by atoms with Crippen LogP contribution >= 0.6 is 0 Å². The van der Waals surface area contributed by atoms with Gasteiger partial charge in [0.25, 0.3) is 0 Å². The smallest absolute Gasteiger partial charge is 0.308 e. The number of carbonyl (C=O) groups is 2. The van der Waals surface area contributed by atoms with Crippen molar-refractivity contribution >= 4 is 11.9 Å². The minimum Gasteiger partial charge on any atom is -0.481 e. The summed E-state index contributed by atoms with van der Waals surface area (Å²) in [4.78, 5) is 24.6. The monoisotopic (exact) mass is 270 g/mol. The summed E-state index contributed by atoms with van der Waals surface area (Å²) in [7, 11) is 0. The lowest BCUT2D eigenvalue weighted by Gasteiger charge is -2.26. The summed E-state index contributed by atoms with van der Waals surface area (Å²) in [6.45, 7) is 6.54. The molecule has 1 heterocycles. The van der Waals surface area contributed by atoms with Gasteiger partial charge in [0.2, 0.25) is 5.91 Å². The Morgan fingerprint density at radius 3 is 2.53 bits per heavy atom. The summed E-state index contributed by atoms with van der Waals surface area (Å²) in [5.74, 6) is -0.609. The van der Waals surface area contributed by atoms with Gasteiger partial charge in [-0.15, -0.1) is 0 Å². The van der Waals surface area contributed by atoms with Crippen molar-refractivity contribution in [2.45, 2.75) is 39.5 Å². The van der Waals surface area contributed by atoms with Crippen molar-refractivity contribution in [2.75, 3.05) is 26.2 Å². The fraction of sp³-hybridized carbons (Fsp3) is 0.857. The minimum atomic E-state index is -0.843. The highest BCUT2D eigenvalue weighted by atomic mass is 16.4. The molecule has 5 nitrogen and oxygen atoms in total. The van der Waals surface area contributed by atoms with E-state index in [1.54, 1.807) is 11.8 Å². The fourth-order valence-electron chi connectivity index (χ4n) is 2.47. The van der Waals surface area contributed by atoms with Crippen LogP contribution in [0.2, 0.25) is 0 Å². The minimum absolute atomic E-state index is 0.0918. The van der Waals surface area contributed by atoms with Crippen molar-refractivity contribution in [2.24, 2.45) is 11.8 Å². The number of carbonyl (C=O) groups excluding carboxylic acids is 1. The van der Waals surface area contributed by atoms with E-state index in [-0.39, 0.29) is 5.91 Å². The van der Waals surface area contributed by atoms with Crippen LogP contribution in [0.25, 0.3) is 0 Å². The van der Waals surface area contributed by atoms with Crippen molar-refractivity contribution in [1.29, 1.82) is 0 Å². The molecule has 1 amide bonds. The van der Waals surface area contributed by atoms with Gasteiger partial charge in [-0.25, -0.2) is 0 Å². The molecule has 0 spiro atoms. The van der Waals surface area contributed by atoms with Crippen LogP contribution in [0.5, 0.6) is 0 Å². The molecule has 0 radical (unpaired) electrons. The Kier molecular flexibility index (Phi) is 6.84. The third-order valence-electron chi connectivity index (χ3n) is 3.88. The van der Waals surface area contributed by atoms with Crippen molar-refractivity contribution < 1.29 is 14.7 Å². The number of carboxylic acid groups (broad SMARTS) is 1. The zero-order chi connectivity index (χ0) is 14.3. The predicted molar refractivity (Wildman–Crippen MR) is 73.9 cm³/mol. The van der Waals surface area contributed by atoms with E-state index in [9.17, 15) is 9.59 Å². The first-order valence-electron chi connectivity index (χ1n) is 7.25. The highest BCUT2D eigenvalue weighted by molar-refractivity contribution is 5.77. The second kappa shape index (κ2) is 8.15. The third-order valence-corrected chi connectivity index (χ3v) is 3.88. The molecule has 1 atom stereocenters. The second-order valence-corrected chi connectivity index (χ2v) is 5.40. The Balaban J connectivity index is 2.34. The van der Waals surface area contributed by atoms with Crippen LogP contribution in [0.15, 0.2) is 0 Å². The standard InChI is InChI=1S/C14H26N2O3/c1-3-16(10-11(2)14(18)19)13(17)5-4-12-6-8-15-9-7-12/h11-12,15H,3-10H2,1-2H3,(H,18,19). The molecular formula is C14H26N2O3. The molecule has 0 aromatic carbocycles. The van der Waals surface area contributed by atoms with E-state index in [1.165, 1.54) is 0 Å². The van der Waals surface area contributed by atoms with E-state index >= 15 is 0 Å². The second-order valence-electron chi connectivity index (χ2n) is 5.40. The first-order valence-corrected chi connectivity index (χ1v) is 7.25. The molecule has 0 aromatic rings. The summed E-state index contributed by atoms with van der Waals surface area (Å²) in [6, 6.07) is 0. The SMILES string of the molecule is CCN(CC(C)C(=O)O)C(=O)CCC1CCNCC1. The van der Waals surface area contributed by atoms with Crippen molar-refractivity contribution in [3.63, 3.8) is 0 Å². The van der Waals surface area contributed by atoms with Crippen LogP contribution < -0.4 is 5.32 Å². The fourth-order valence-corrected chi connectivity index (χ4v) is 2.47.